The number of amidine groups is 1. The number of benzene rings is 2. The average molecular weight is 368 g/mol. The molecule has 0 radical (unpaired) electrons. The number of thioether (sulfide) groups is 1. The molecule has 1 aliphatic heterocycles. The Morgan fingerprint density at radius 1 is 1.12 bits per heavy atom. The minimum absolute atomic E-state index is 0.0195. The standard InChI is InChI=1S/C20H20N2O3S/c1-14(23)15-7-9-17(10-8-15)21-20-22(11-4-12-26-20)19(24)16-5-3-6-18(13-16)25-2/h3,5-10,13H,4,11-12H2,1-2H3. The van der Waals surface area contributed by atoms with Crippen molar-refractivity contribution in [3.05, 3.63) is 59.7 Å². The van der Waals surface area contributed by atoms with Gasteiger partial charge in [0.25, 0.3) is 5.91 Å². The molecule has 5 nitrogen and oxygen atoms in total. The lowest BCUT2D eigenvalue weighted by Crippen LogP contribution is -2.39. The zero-order valence-corrected chi connectivity index (χ0v) is 15.6. The van der Waals surface area contributed by atoms with Gasteiger partial charge in [0.15, 0.2) is 11.0 Å². The molecule has 0 saturated carbocycles. The number of aliphatic imine (C=N–C) groups is 1. The van der Waals surface area contributed by atoms with Crippen LogP contribution in [-0.2, 0) is 0 Å². The second-order valence-electron chi connectivity index (χ2n) is 5.89. The fourth-order valence-corrected chi connectivity index (χ4v) is 3.59. The SMILES string of the molecule is COc1cccc(C(=O)N2CCCSC2=Nc2ccc(C(C)=O)cc2)c1. The molecule has 6 heteroatoms. The minimum Gasteiger partial charge on any atom is -0.497 e. The molecule has 0 aromatic heterocycles. The van der Waals surface area contributed by atoms with Gasteiger partial charge in [-0.25, -0.2) is 4.99 Å². The molecule has 26 heavy (non-hydrogen) atoms. The summed E-state index contributed by atoms with van der Waals surface area (Å²) in [7, 11) is 1.58. The Labute approximate surface area is 157 Å². The number of rotatable bonds is 4. The molecule has 0 bridgehead atoms. The first-order valence-corrected chi connectivity index (χ1v) is 9.35. The van der Waals surface area contributed by atoms with E-state index in [4.69, 9.17) is 4.74 Å². The molecule has 0 atom stereocenters. The van der Waals surface area contributed by atoms with Crippen LogP contribution in [0.4, 0.5) is 5.69 Å². The summed E-state index contributed by atoms with van der Waals surface area (Å²) in [6.45, 7) is 2.17. The normalized spacial score (nSPS) is 15.8. The van der Waals surface area contributed by atoms with Crippen LogP contribution in [0.1, 0.15) is 34.1 Å². The van der Waals surface area contributed by atoms with Gasteiger partial charge in [0.05, 0.1) is 12.8 Å². The highest BCUT2D eigenvalue weighted by Crippen LogP contribution is 2.25. The fourth-order valence-electron chi connectivity index (χ4n) is 2.63. The second-order valence-corrected chi connectivity index (χ2v) is 6.95. The van der Waals surface area contributed by atoms with E-state index in [1.165, 1.54) is 6.92 Å². The number of Topliss-reactive ketones (excluding diaryl/α,β-unsaturated/α-hetero) is 1. The summed E-state index contributed by atoms with van der Waals surface area (Å²) in [6.07, 6.45) is 0.919. The summed E-state index contributed by atoms with van der Waals surface area (Å²) in [6, 6.07) is 14.2. The number of carbonyl (C=O) groups excluding carboxylic acids is 2. The van der Waals surface area contributed by atoms with Gasteiger partial charge in [-0.1, -0.05) is 17.8 Å². The fraction of sp³-hybridized carbons (Fsp3) is 0.250. The van der Waals surface area contributed by atoms with Crippen molar-refractivity contribution in [2.24, 2.45) is 4.99 Å². The number of carbonyl (C=O) groups is 2. The number of nitrogens with zero attached hydrogens (tertiary/aromatic N) is 2. The summed E-state index contributed by atoms with van der Waals surface area (Å²) in [5.74, 6) is 1.51. The third-order valence-corrected chi connectivity index (χ3v) is 5.11. The van der Waals surface area contributed by atoms with Gasteiger partial charge in [-0.15, -0.1) is 0 Å². The first kappa shape index (κ1) is 18.2. The maximum atomic E-state index is 12.9. The van der Waals surface area contributed by atoms with Gasteiger partial charge >= 0.3 is 0 Å². The Balaban J connectivity index is 1.87. The molecule has 0 unspecified atom stereocenters. The van der Waals surface area contributed by atoms with Crippen LogP contribution >= 0.6 is 11.8 Å². The first-order valence-electron chi connectivity index (χ1n) is 8.37. The minimum atomic E-state index is -0.0878. The molecule has 134 valence electrons. The number of ketones is 1. The van der Waals surface area contributed by atoms with Crippen LogP contribution < -0.4 is 4.74 Å². The Hall–Kier alpha value is -2.60. The molecule has 1 fully saturated rings. The van der Waals surface area contributed by atoms with Gasteiger partial charge in [-0.05, 0) is 55.8 Å². The molecule has 1 amide bonds. The first-order chi connectivity index (χ1) is 12.6. The van der Waals surface area contributed by atoms with E-state index in [1.54, 1.807) is 66.2 Å². The Kier molecular flexibility index (Phi) is 5.73. The molecule has 0 aliphatic carbocycles. The van der Waals surface area contributed by atoms with Gasteiger partial charge in [0, 0.05) is 23.4 Å². The molecular formula is C20H20N2O3S. The van der Waals surface area contributed by atoms with Crippen molar-refractivity contribution >= 4 is 34.3 Å². The lowest BCUT2D eigenvalue weighted by Gasteiger charge is -2.28. The molecule has 2 aromatic rings. The molecule has 3 rings (SSSR count). The van der Waals surface area contributed by atoms with Gasteiger partial charge in [-0.3, -0.25) is 14.5 Å². The van der Waals surface area contributed by atoms with Gasteiger partial charge in [0.1, 0.15) is 5.75 Å². The zero-order chi connectivity index (χ0) is 18.5. The van der Waals surface area contributed by atoms with E-state index in [2.05, 4.69) is 4.99 Å². The van der Waals surface area contributed by atoms with Crippen molar-refractivity contribution in [1.29, 1.82) is 0 Å². The van der Waals surface area contributed by atoms with Crippen LogP contribution in [0.5, 0.6) is 5.75 Å². The van der Waals surface area contributed by atoms with Crippen molar-refractivity contribution in [3.63, 3.8) is 0 Å². The predicted molar refractivity (Wildman–Crippen MR) is 105 cm³/mol. The summed E-state index contributed by atoms with van der Waals surface area (Å²) >= 11 is 1.57. The molecule has 2 aromatic carbocycles. The number of ether oxygens (including phenoxy) is 1. The largest absolute Gasteiger partial charge is 0.497 e. The van der Waals surface area contributed by atoms with E-state index in [1.807, 2.05) is 6.07 Å². The van der Waals surface area contributed by atoms with Crippen molar-refractivity contribution in [1.82, 2.24) is 4.90 Å². The maximum absolute atomic E-state index is 12.9. The number of amides is 1. The summed E-state index contributed by atoms with van der Waals surface area (Å²) in [5, 5.41) is 0.680. The smallest absolute Gasteiger partial charge is 0.259 e. The Morgan fingerprint density at radius 3 is 2.58 bits per heavy atom. The van der Waals surface area contributed by atoms with Crippen LogP contribution in [0, 0.1) is 0 Å². The van der Waals surface area contributed by atoms with Crippen molar-refractivity contribution < 1.29 is 14.3 Å². The van der Waals surface area contributed by atoms with Crippen LogP contribution in [0.3, 0.4) is 0 Å². The molecule has 1 saturated heterocycles. The van der Waals surface area contributed by atoms with E-state index in [-0.39, 0.29) is 11.7 Å². The molecule has 0 spiro atoms. The van der Waals surface area contributed by atoms with Crippen molar-refractivity contribution in [3.8, 4) is 5.75 Å². The number of hydrogen-bond donors (Lipinski definition) is 0. The van der Waals surface area contributed by atoms with E-state index in [0.717, 1.165) is 17.9 Å². The highest BCUT2D eigenvalue weighted by Gasteiger charge is 2.25. The molecule has 1 heterocycles. The van der Waals surface area contributed by atoms with Gasteiger partial charge in [0.2, 0.25) is 0 Å². The van der Waals surface area contributed by atoms with Gasteiger partial charge < -0.3 is 4.74 Å². The van der Waals surface area contributed by atoms with Gasteiger partial charge in [-0.2, -0.15) is 0 Å². The third-order valence-electron chi connectivity index (χ3n) is 4.05. The van der Waals surface area contributed by atoms with E-state index in [9.17, 15) is 9.59 Å². The quantitative estimate of drug-likeness (QED) is 0.760. The lowest BCUT2D eigenvalue weighted by atomic mass is 10.1. The van der Waals surface area contributed by atoms with E-state index in [0.29, 0.717) is 28.6 Å². The topological polar surface area (TPSA) is 59.0 Å². The lowest BCUT2D eigenvalue weighted by molar-refractivity contribution is 0.0848. The van der Waals surface area contributed by atoms with Crippen molar-refractivity contribution in [2.75, 3.05) is 19.4 Å². The third kappa shape index (κ3) is 4.14. The van der Waals surface area contributed by atoms with Crippen LogP contribution in [0.25, 0.3) is 0 Å². The van der Waals surface area contributed by atoms with Crippen LogP contribution in [0.15, 0.2) is 53.5 Å². The molecule has 1 aliphatic rings. The van der Waals surface area contributed by atoms with Crippen molar-refractivity contribution in [2.45, 2.75) is 13.3 Å². The summed E-state index contributed by atoms with van der Waals surface area (Å²) in [4.78, 5) is 30.7. The molecule has 0 N–H and O–H groups in total. The highest BCUT2D eigenvalue weighted by atomic mass is 32.2. The Morgan fingerprint density at radius 2 is 1.88 bits per heavy atom. The van der Waals surface area contributed by atoms with Crippen LogP contribution in [0.2, 0.25) is 0 Å². The monoisotopic (exact) mass is 368 g/mol. The number of methoxy groups -OCH3 is 1. The Bertz CT molecular complexity index is 846. The van der Waals surface area contributed by atoms with Crippen LogP contribution in [-0.4, -0.2) is 41.2 Å². The van der Waals surface area contributed by atoms with E-state index < -0.39 is 0 Å². The average Bonchev–Trinajstić information content (AvgIpc) is 2.68. The maximum Gasteiger partial charge on any atom is 0.259 e. The second kappa shape index (κ2) is 8.19. The summed E-state index contributed by atoms with van der Waals surface area (Å²) < 4.78 is 5.21. The zero-order valence-electron chi connectivity index (χ0n) is 14.8. The predicted octanol–water partition coefficient (Wildman–Crippen LogP) is 4.16. The van der Waals surface area contributed by atoms with E-state index >= 15 is 0 Å². The summed E-state index contributed by atoms with van der Waals surface area (Å²) in [5.41, 5.74) is 1.95. The molecular weight excluding hydrogens is 348 g/mol. The number of hydrogen-bond acceptors (Lipinski definition) is 5. The highest BCUT2D eigenvalue weighted by molar-refractivity contribution is 8.13.